The minimum absolute atomic E-state index is 0.0538. The monoisotopic (exact) mass is 386 g/mol. The van der Waals surface area contributed by atoms with Gasteiger partial charge in [0, 0.05) is 17.6 Å². The average Bonchev–Trinajstić information content (AvgIpc) is 3.37. The molecule has 0 fully saturated rings. The van der Waals surface area contributed by atoms with Crippen LogP contribution >= 0.6 is 11.8 Å². The summed E-state index contributed by atoms with van der Waals surface area (Å²) in [6.45, 7) is 0.476. The van der Waals surface area contributed by atoms with E-state index in [0.717, 1.165) is 28.8 Å². The zero-order valence-corrected chi connectivity index (χ0v) is 15.9. The van der Waals surface area contributed by atoms with Crippen LogP contribution in [-0.4, -0.2) is 25.7 Å². The maximum absolute atomic E-state index is 12.5. The van der Waals surface area contributed by atoms with Gasteiger partial charge in [-0.05, 0) is 41.8 Å². The van der Waals surface area contributed by atoms with Crippen LogP contribution in [0.1, 0.15) is 11.1 Å². The number of benzene rings is 2. The topological polar surface area (TPSA) is 59.8 Å². The molecule has 0 saturated carbocycles. The summed E-state index contributed by atoms with van der Waals surface area (Å²) >= 11 is 1.64. The van der Waals surface area contributed by atoms with E-state index in [1.54, 1.807) is 24.3 Å². The maximum atomic E-state index is 12.5. The fraction of sp³-hybridized carbons (Fsp3) is 0.136. The Kier molecular flexibility index (Phi) is 4.33. The lowest BCUT2D eigenvalue weighted by atomic mass is 10.1. The van der Waals surface area contributed by atoms with E-state index in [9.17, 15) is 4.79 Å². The SMILES string of the molecule is O=C(NCc1ccc(-n2cnc3ccccc32)nc1)[C@H]1Cc2ccccc2S1. The van der Waals surface area contributed by atoms with Crippen molar-refractivity contribution in [3.8, 4) is 5.82 Å². The molecule has 0 spiro atoms. The van der Waals surface area contributed by atoms with E-state index >= 15 is 0 Å². The van der Waals surface area contributed by atoms with Crippen LogP contribution < -0.4 is 5.32 Å². The predicted octanol–water partition coefficient (Wildman–Crippen LogP) is 3.75. The summed E-state index contributed by atoms with van der Waals surface area (Å²) in [6, 6.07) is 20.1. The normalized spacial score (nSPS) is 15.5. The van der Waals surface area contributed by atoms with E-state index in [-0.39, 0.29) is 11.2 Å². The van der Waals surface area contributed by atoms with Gasteiger partial charge in [-0.15, -0.1) is 11.8 Å². The number of hydrogen-bond acceptors (Lipinski definition) is 4. The molecule has 28 heavy (non-hydrogen) atoms. The molecule has 138 valence electrons. The lowest BCUT2D eigenvalue weighted by molar-refractivity contribution is -0.120. The molecule has 0 aliphatic carbocycles. The third-order valence-electron chi connectivity index (χ3n) is 4.92. The van der Waals surface area contributed by atoms with Crippen molar-refractivity contribution in [3.63, 3.8) is 0 Å². The van der Waals surface area contributed by atoms with Gasteiger partial charge in [0.05, 0.1) is 16.3 Å². The lowest BCUT2D eigenvalue weighted by Crippen LogP contribution is -2.32. The van der Waals surface area contributed by atoms with Gasteiger partial charge >= 0.3 is 0 Å². The lowest BCUT2D eigenvalue weighted by Gasteiger charge is -2.10. The number of thioether (sulfide) groups is 1. The molecule has 0 unspecified atom stereocenters. The van der Waals surface area contributed by atoms with Gasteiger partial charge in [-0.25, -0.2) is 9.97 Å². The molecule has 5 rings (SSSR count). The average molecular weight is 386 g/mol. The number of para-hydroxylation sites is 2. The summed E-state index contributed by atoms with van der Waals surface area (Å²) in [5, 5.41) is 2.99. The van der Waals surface area contributed by atoms with Crippen molar-refractivity contribution in [2.24, 2.45) is 0 Å². The predicted molar refractivity (Wildman–Crippen MR) is 111 cm³/mol. The number of aromatic nitrogens is 3. The first-order valence-electron chi connectivity index (χ1n) is 9.17. The standard InChI is InChI=1S/C22H18N4OS/c27-22(20-11-16-5-1-4-8-19(16)28-20)24-13-15-9-10-21(23-12-15)26-14-25-17-6-2-3-7-18(17)26/h1-10,12,14,20H,11,13H2,(H,24,27)/t20-/m1/s1. The van der Waals surface area contributed by atoms with Crippen molar-refractivity contribution in [3.05, 3.63) is 84.3 Å². The van der Waals surface area contributed by atoms with Crippen LogP contribution in [0.15, 0.2) is 78.1 Å². The summed E-state index contributed by atoms with van der Waals surface area (Å²) in [6.07, 6.45) is 4.38. The second kappa shape index (κ2) is 7.13. The number of pyridine rings is 1. The van der Waals surface area contributed by atoms with Crippen molar-refractivity contribution in [1.82, 2.24) is 19.9 Å². The molecule has 1 atom stereocenters. The van der Waals surface area contributed by atoms with E-state index < -0.39 is 0 Å². The second-order valence-electron chi connectivity index (χ2n) is 6.76. The molecule has 5 nitrogen and oxygen atoms in total. The summed E-state index contributed by atoms with van der Waals surface area (Å²) in [4.78, 5) is 22.7. The molecule has 1 aliphatic rings. The molecule has 3 heterocycles. The van der Waals surface area contributed by atoms with Gasteiger partial charge in [0.25, 0.3) is 0 Å². The highest BCUT2D eigenvalue weighted by atomic mass is 32.2. The Hall–Kier alpha value is -3.12. The summed E-state index contributed by atoms with van der Waals surface area (Å²) in [5.74, 6) is 0.886. The molecule has 6 heteroatoms. The summed E-state index contributed by atoms with van der Waals surface area (Å²) < 4.78 is 1.96. The fourth-order valence-electron chi connectivity index (χ4n) is 3.44. The molecule has 2 aromatic heterocycles. The highest BCUT2D eigenvalue weighted by Gasteiger charge is 2.27. The van der Waals surface area contributed by atoms with Crippen LogP contribution in [0, 0.1) is 0 Å². The number of amides is 1. The maximum Gasteiger partial charge on any atom is 0.234 e. The smallest absolute Gasteiger partial charge is 0.234 e. The third-order valence-corrected chi connectivity index (χ3v) is 6.23. The van der Waals surface area contributed by atoms with Crippen molar-refractivity contribution in [1.29, 1.82) is 0 Å². The highest BCUT2D eigenvalue weighted by molar-refractivity contribution is 8.01. The zero-order valence-electron chi connectivity index (χ0n) is 15.1. The van der Waals surface area contributed by atoms with Crippen LogP contribution in [0.3, 0.4) is 0 Å². The molecular formula is C22H18N4OS. The molecular weight excluding hydrogens is 368 g/mol. The highest BCUT2D eigenvalue weighted by Crippen LogP contribution is 2.36. The fourth-order valence-corrected chi connectivity index (χ4v) is 4.66. The Morgan fingerprint density at radius 3 is 2.79 bits per heavy atom. The Balaban J connectivity index is 1.24. The Labute approximate surface area is 166 Å². The summed E-state index contributed by atoms with van der Waals surface area (Å²) in [5.41, 5.74) is 4.19. The van der Waals surface area contributed by atoms with E-state index in [1.165, 1.54) is 10.5 Å². The van der Waals surface area contributed by atoms with Gasteiger partial charge in [-0.1, -0.05) is 36.4 Å². The molecule has 2 aromatic carbocycles. The van der Waals surface area contributed by atoms with Crippen molar-refractivity contribution >= 4 is 28.7 Å². The van der Waals surface area contributed by atoms with Crippen LogP contribution in [-0.2, 0) is 17.8 Å². The molecule has 1 amide bonds. The van der Waals surface area contributed by atoms with Gasteiger partial charge in [-0.3, -0.25) is 9.36 Å². The Morgan fingerprint density at radius 1 is 1.07 bits per heavy atom. The number of hydrogen-bond donors (Lipinski definition) is 1. The Morgan fingerprint density at radius 2 is 1.93 bits per heavy atom. The molecule has 1 aliphatic heterocycles. The molecule has 1 N–H and O–H groups in total. The first-order valence-corrected chi connectivity index (χ1v) is 10.1. The number of rotatable bonds is 4. The van der Waals surface area contributed by atoms with Crippen LogP contribution in [0.25, 0.3) is 16.9 Å². The van der Waals surface area contributed by atoms with Crippen LogP contribution in [0.4, 0.5) is 0 Å². The second-order valence-corrected chi connectivity index (χ2v) is 8.01. The van der Waals surface area contributed by atoms with Crippen LogP contribution in [0.2, 0.25) is 0 Å². The molecule has 0 radical (unpaired) electrons. The van der Waals surface area contributed by atoms with Crippen molar-refractivity contribution in [2.75, 3.05) is 0 Å². The number of fused-ring (bicyclic) bond motifs is 2. The van der Waals surface area contributed by atoms with E-state index in [4.69, 9.17) is 0 Å². The first-order chi connectivity index (χ1) is 13.8. The van der Waals surface area contributed by atoms with Gasteiger partial charge in [0.15, 0.2) is 0 Å². The largest absolute Gasteiger partial charge is 0.351 e. The van der Waals surface area contributed by atoms with E-state index in [0.29, 0.717) is 6.54 Å². The van der Waals surface area contributed by atoms with Crippen LogP contribution in [0.5, 0.6) is 0 Å². The minimum Gasteiger partial charge on any atom is -0.351 e. The number of carbonyl (C=O) groups is 1. The van der Waals surface area contributed by atoms with Gasteiger partial charge < -0.3 is 5.32 Å². The van der Waals surface area contributed by atoms with Crippen molar-refractivity contribution < 1.29 is 4.79 Å². The van der Waals surface area contributed by atoms with Crippen molar-refractivity contribution in [2.45, 2.75) is 23.1 Å². The zero-order chi connectivity index (χ0) is 18.9. The molecule has 0 bridgehead atoms. The molecule has 0 saturated heterocycles. The Bertz CT molecular complexity index is 1130. The van der Waals surface area contributed by atoms with Gasteiger partial charge in [0.2, 0.25) is 5.91 Å². The first kappa shape index (κ1) is 17.0. The van der Waals surface area contributed by atoms with Gasteiger partial charge in [0.1, 0.15) is 12.1 Å². The third kappa shape index (κ3) is 3.16. The number of carbonyl (C=O) groups excluding carboxylic acids is 1. The molecule has 4 aromatic rings. The quantitative estimate of drug-likeness (QED) is 0.580. The minimum atomic E-state index is -0.0538. The number of imidazole rings is 1. The van der Waals surface area contributed by atoms with Gasteiger partial charge in [-0.2, -0.15) is 0 Å². The van der Waals surface area contributed by atoms with E-state index in [1.807, 2.05) is 53.1 Å². The summed E-state index contributed by atoms with van der Waals surface area (Å²) in [7, 11) is 0. The number of nitrogens with zero attached hydrogens (tertiary/aromatic N) is 3. The number of nitrogens with one attached hydrogen (secondary N) is 1. The van der Waals surface area contributed by atoms with E-state index in [2.05, 4.69) is 27.4 Å².